The van der Waals surface area contributed by atoms with Gasteiger partial charge in [0.2, 0.25) is 0 Å². The molecule has 0 saturated carbocycles. The molecule has 1 aromatic carbocycles. The molecular weight excluding hydrogens is 260 g/mol. The van der Waals surface area contributed by atoms with E-state index < -0.39 is 0 Å². The van der Waals surface area contributed by atoms with Crippen LogP contribution in [0.15, 0.2) is 24.3 Å². The molecular formula is C15H23ClN2O. The van der Waals surface area contributed by atoms with Crippen LogP contribution in [0.1, 0.15) is 24.9 Å². The minimum Gasteiger partial charge on any atom is -0.379 e. The van der Waals surface area contributed by atoms with Gasteiger partial charge in [0, 0.05) is 37.2 Å². The summed E-state index contributed by atoms with van der Waals surface area (Å²) in [6.45, 7) is 8.16. The number of morpholine rings is 1. The van der Waals surface area contributed by atoms with E-state index >= 15 is 0 Å². The van der Waals surface area contributed by atoms with Crippen molar-refractivity contribution < 1.29 is 4.74 Å². The summed E-state index contributed by atoms with van der Waals surface area (Å²) in [5, 5.41) is 4.42. The van der Waals surface area contributed by atoms with Gasteiger partial charge in [-0.25, -0.2) is 0 Å². The Morgan fingerprint density at radius 1 is 1.26 bits per heavy atom. The summed E-state index contributed by atoms with van der Waals surface area (Å²) >= 11 is 5.93. The van der Waals surface area contributed by atoms with E-state index in [1.165, 1.54) is 5.56 Å². The predicted molar refractivity (Wildman–Crippen MR) is 79.7 cm³/mol. The van der Waals surface area contributed by atoms with Crippen LogP contribution in [0.5, 0.6) is 0 Å². The standard InChI is InChI=1S/C15H23ClN2O/c1-2-15(13-3-5-14(16)6-4-13)17-7-8-18-9-11-19-12-10-18/h3-6,15,17H,2,7-12H2,1H3. The molecule has 1 atom stereocenters. The van der Waals surface area contributed by atoms with Crippen LogP contribution >= 0.6 is 11.6 Å². The Hall–Kier alpha value is -0.610. The molecule has 0 amide bonds. The van der Waals surface area contributed by atoms with Crippen LogP contribution in [-0.4, -0.2) is 44.3 Å². The fourth-order valence-corrected chi connectivity index (χ4v) is 2.54. The van der Waals surface area contributed by atoms with Crippen LogP contribution < -0.4 is 5.32 Å². The van der Waals surface area contributed by atoms with Crippen molar-refractivity contribution in [2.45, 2.75) is 19.4 Å². The third kappa shape index (κ3) is 4.77. The van der Waals surface area contributed by atoms with Gasteiger partial charge in [0.05, 0.1) is 13.2 Å². The smallest absolute Gasteiger partial charge is 0.0594 e. The van der Waals surface area contributed by atoms with Gasteiger partial charge in [-0.2, -0.15) is 0 Å². The minimum absolute atomic E-state index is 0.415. The third-order valence-electron chi connectivity index (χ3n) is 3.60. The summed E-state index contributed by atoms with van der Waals surface area (Å²) < 4.78 is 5.35. The molecule has 3 nitrogen and oxygen atoms in total. The largest absolute Gasteiger partial charge is 0.379 e. The summed E-state index contributed by atoms with van der Waals surface area (Å²) in [5.74, 6) is 0. The Balaban J connectivity index is 1.77. The van der Waals surface area contributed by atoms with Gasteiger partial charge in [0.15, 0.2) is 0 Å². The summed E-state index contributed by atoms with van der Waals surface area (Å²) in [5.41, 5.74) is 1.31. The van der Waals surface area contributed by atoms with Crippen LogP contribution in [0.2, 0.25) is 5.02 Å². The van der Waals surface area contributed by atoms with Crippen molar-refractivity contribution in [3.8, 4) is 0 Å². The molecule has 2 rings (SSSR count). The molecule has 19 heavy (non-hydrogen) atoms. The molecule has 1 saturated heterocycles. The zero-order chi connectivity index (χ0) is 13.5. The van der Waals surface area contributed by atoms with E-state index in [2.05, 4.69) is 29.3 Å². The Morgan fingerprint density at radius 2 is 1.95 bits per heavy atom. The van der Waals surface area contributed by atoms with Gasteiger partial charge in [-0.1, -0.05) is 30.7 Å². The summed E-state index contributed by atoms with van der Waals surface area (Å²) in [4.78, 5) is 2.45. The first-order valence-corrected chi connectivity index (χ1v) is 7.46. The highest BCUT2D eigenvalue weighted by Crippen LogP contribution is 2.18. The molecule has 106 valence electrons. The van der Waals surface area contributed by atoms with Crippen molar-refractivity contribution in [2.75, 3.05) is 39.4 Å². The van der Waals surface area contributed by atoms with Gasteiger partial charge in [0.25, 0.3) is 0 Å². The van der Waals surface area contributed by atoms with Crippen LogP contribution in [0.4, 0.5) is 0 Å². The lowest BCUT2D eigenvalue weighted by Gasteiger charge is -2.27. The Labute approximate surface area is 120 Å². The summed E-state index contributed by atoms with van der Waals surface area (Å²) in [7, 11) is 0. The van der Waals surface area contributed by atoms with E-state index in [4.69, 9.17) is 16.3 Å². The van der Waals surface area contributed by atoms with Crippen LogP contribution in [0.3, 0.4) is 0 Å². The first-order chi connectivity index (χ1) is 9.29. The van der Waals surface area contributed by atoms with Crippen molar-refractivity contribution in [1.29, 1.82) is 0 Å². The molecule has 1 unspecified atom stereocenters. The predicted octanol–water partition coefficient (Wildman–Crippen LogP) is 2.71. The molecule has 1 heterocycles. The normalized spacial score (nSPS) is 18.4. The second-order valence-corrected chi connectivity index (χ2v) is 5.36. The molecule has 0 aromatic heterocycles. The maximum atomic E-state index is 5.93. The number of nitrogens with zero attached hydrogens (tertiary/aromatic N) is 1. The number of halogens is 1. The number of hydrogen-bond acceptors (Lipinski definition) is 3. The molecule has 1 N–H and O–H groups in total. The van der Waals surface area contributed by atoms with Crippen LogP contribution in [0, 0.1) is 0 Å². The molecule has 4 heteroatoms. The van der Waals surface area contributed by atoms with Gasteiger partial charge in [-0.3, -0.25) is 4.90 Å². The highest BCUT2D eigenvalue weighted by molar-refractivity contribution is 6.30. The zero-order valence-electron chi connectivity index (χ0n) is 11.6. The first kappa shape index (κ1) is 14.8. The van der Waals surface area contributed by atoms with Crippen molar-refractivity contribution in [3.63, 3.8) is 0 Å². The highest BCUT2D eigenvalue weighted by atomic mass is 35.5. The van der Waals surface area contributed by atoms with Crippen molar-refractivity contribution in [1.82, 2.24) is 10.2 Å². The maximum Gasteiger partial charge on any atom is 0.0594 e. The highest BCUT2D eigenvalue weighted by Gasteiger charge is 2.12. The van der Waals surface area contributed by atoms with Crippen molar-refractivity contribution in [2.24, 2.45) is 0 Å². The van der Waals surface area contributed by atoms with E-state index in [1.807, 2.05) is 12.1 Å². The summed E-state index contributed by atoms with van der Waals surface area (Å²) in [6, 6.07) is 8.56. The second kappa shape index (κ2) is 7.85. The molecule has 0 bridgehead atoms. The average molecular weight is 283 g/mol. The van der Waals surface area contributed by atoms with E-state index in [0.29, 0.717) is 6.04 Å². The molecule has 0 spiro atoms. The van der Waals surface area contributed by atoms with Gasteiger partial charge >= 0.3 is 0 Å². The lowest BCUT2D eigenvalue weighted by atomic mass is 10.0. The molecule has 0 aliphatic carbocycles. The lowest BCUT2D eigenvalue weighted by molar-refractivity contribution is 0.0381. The SMILES string of the molecule is CCC(NCCN1CCOCC1)c1ccc(Cl)cc1. The van der Waals surface area contributed by atoms with Crippen LogP contribution in [0.25, 0.3) is 0 Å². The molecule has 0 radical (unpaired) electrons. The topological polar surface area (TPSA) is 24.5 Å². The molecule has 1 aliphatic heterocycles. The Bertz CT molecular complexity index is 363. The molecule has 1 aliphatic rings. The van der Waals surface area contributed by atoms with Gasteiger partial charge in [-0.15, -0.1) is 0 Å². The quantitative estimate of drug-likeness (QED) is 0.868. The fourth-order valence-electron chi connectivity index (χ4n) is 2.41. The van der Waals surface area contributed by atoms with Gasteiger partial charge < -0.3 is 10.1 Å². The second-order valence-electron chi connectivity index (χ2n) is 4.92. The summed E-state index contributed by atoms with van der Waals surface area (Å²) in [6.07, 6.45) is 1.09. The van der Waals surface area contributed by atoms with E-state index in [0.717, 1.165) is 50.8 Å². The number of benzene rings is 1. The van der Waals surface area contributed by atoms with Crippen molar-refractivity contribution in [3.05, 3.63) is 34.9 Å². The number of ether oxygens (including phenoxy) is 1. The number of hydrogen-bond donors (Lipinski definition) is 1. The lowest BCUT2D eigenvalue weighted by Crippen LogP contribution is -2.40. The van der Waals surface area contributed by atoms with E-state index in [9.17, 15) is 0 Å². The maximum absolute atomic E-state index is 5.93. The zero-order valence-corrected chi connectivity index (χ0v) is 12.3. The third-order valence-corrected chi connectivity index (χ3v) is 3.86. The number of rotatable bonds is 6. The monoisotopic (exact) mass is 282 g/mol. The van der Waals surface area contributed by atoms with Crippen LogP contribution in [-0.2, 0) is 4.74 Å². The average Bonchev–Trinajstić information content (AvgIpc) is 2.46. The minimum atomic E-state index is 0.415. The van der Waals surface area contributed by atoms with E-state index in [-0.39, 0.29) is 0 Å². The number of nitrogens with one attached hydrogen (secondary N) is 1. The molecule has 1 fully saturated rings. The fraction of sp³-hybridized carbons (Fsp3) is 0.600. The van der Waals surface area contributed by atoms with Gasteiger partial charge in [0.1, 0.15) is 0 Å². The van der Waals surface area contributed by atoms with Gasteiger partial charge in [-0.05, 0) is 24.1 Å². The Morgan fingerprint density at radius 3 is 2.58 bits per heavy atom. The molecule has 1 aromatic rings. The Kier molecular flexibility index (Phi) is 6.11. The van der Waals surface area contributed by atoms with E-state index in [1.54, 1.807) is 0 Å². The first-order valence-electron chi connectivity index (χ1n) is 7.08. The van der Waals surface area contributed by atoms with Crippen molar-refractivity contribution >= 4 is 11.6 Å².